The molecular weight excluding hydrogens is 296 g/mol. The van der Waals surface area contributed by atoms with Crippen molar-refractivity contribution >= 4 is 5.97 Å². The molecule has 0 spiro atoms. The van der Waals surface area contributed by atoms with Gasteiger partial charge in [0, 0.05) is 13.2 Å². The van der Waals surface area contributed by atoms with Gasteiger partial charge in [0.15, 0.2) is 11.5 Å². The Kier molecular flexibility index (Phi) is 6.28. The minimum absolute atomic E-state index is 0.161. The molecule has 0 aromatic heterocycles. The fraction of sp³-hybridized carbons (Fsp3) is 0.611. The first-order valence-corrected chi connectivity index (χ1v) is 8.14. The van der Waals surface area contributed by atoms with Crippen molar-refractivity contribution in [2.75, 3.05) is 26.9 Å². The number of hydrogen-bond donors (Lipinski definition) is 0. The average molecular weight is 322 g/mol. The summed E-state index contributed by atoms with van der Waals surface area (Å²) in [6.45, 7) is 6.11. The van der Waals surface area contributed by atoms with Crippen LogP contribution >= 0.6 is 0 Å². The minimum atomic E-state index is -0.438. The highest BCUT2D eigenvalue weighted by Gasteiger charge is 2.36. The van der Waals surface area contributed by atoms with Crippen LogP contribution in [-0.2, 0) is 20.9 Å². The van der Waals surface area contributed by atoms with E-state index < -0.39 is 5.41 Å². The van der Waals surface area contributed by atoms with E-state index in [9.17, 15) is 4.79 Å². The van der Waals surface area contributed by atoms with Gasteiger partial charge in [0.25, 0.3) is 0 Å². The normalized spacial score (nSPS) is 16.7. The van der Waals surface area contributed by atoms with Crippen LogP contribution in [0.4, 0.5) is 0 Å². The molecule has 23 heavy (non-hydrogen) atoms. The number of esters is 1. The Morgan fingerprint density at radius 1 is 1.26 bits per heavy atom. The Balaban J connectivity index is 1.96. The Labute approximate surface area is 137 Å². The number of carbonyl (C=O) groups excluding carboxylic acids is 1. The Morgan fingerprint density at radius 2 is 2.00 bits per heavy atom. The van der Waals surface area contributed by atoms with E-state index in [4.69, 9.17) is 18.9 Å². The number of hydrogen-bond acceptors (Lipinski definition) is 5. The van der Waals surface area contributed by atoms with Crippen LogP contribution in [-0.4, -0.2) is 32.9 Å². The van der Waals surface area contributed by atoms with E-state index in [2.05, 4.69) is 6.92 Å². The summed E-state index contributed by atoms with van der Waals surface area (Å²) in [5.41, 5.74) is 0.446. The fourth-order valence-electron chi connectivity index (χ4n) is 2.48. The van der Waals surface area contributed by atoms with E-state index in [0.29, 0.717) is 44.2 Å². The molecule has 1 heterocycles. The van der Waals surface area contributed by atoms with E-state index in [0.717, 1.165) is 12.0 Å². The molecule has 0 amide bonds. The second kappa shape index (κ2) is 8.20. The maximum atomic E-state index is 12.3. The molecule has 5 nitrogen and oxygen atoms in total. The van der Waals surface area contributed by atoms with Crippen LogP contribution in [0.25, 0.3) is 0 Å². The quantitative estimate of drug-likeness (QED) is 0.721. The average Bonchev–Trinajstić information content (AvgIpc) is 2.58. The summed E-state index contributed by atoms with van der Waals surface area (Å²) >= 11 is 0. The number of benzene rings is 1. The molecule has 128 valence electrons. The molecule has 1 saturated heterocycles. The van der Waals surface area contributed by atoms with Gasteiger partial charge in [0.05, 0.1) is 19.1 Å². The zero-order valence-corrected chi connectivity index (χ0v) is 14.2. The van der Waals surface area contributed by atoms with Crippen LogP contribution in [0.1, 0.15) is 38.7 Å². The van der Waals surface area contributed by atoms with Crippen LogP contribution in [0.15, 0.2) is 18.2 Å². The van der Waals surface area contributed by atoms with Crippen molar-refractivity contribution in [2.45, 2.75) is 39.7 Å². The molecule has 2 rings (SSSR count). The van der Waals surface area contributed by atoms with Gasteiger partial charge >= 0.3 is 5.97 Å². The highest BCUT2D eigenvalue weighted by atomic mass is 16.5. The number of carbonyl (C=O) groups is 1. The second-order valence-electron chi connectivity index (χ2n) is 6.08. The second-order valence-corrected chi connectivity index (χ2v) is 6.08. The monoisotopic (exact) mass is 322 g/mol. The first kappa shape index (κ1) is 17.6. The molecule has 1 aliphatic heterocycles. The molecular formula is C18H26O5. The summed E-state index contributed by atoms with van der Waals surface area (Å²) in [6, 6.07) is 5.60. The van der Waals surface area contributed by atoms with Gasteiger partial charge in [-0.1, -0.05) is 13.0 Å². The predicted molar refractivity (Wildman–Crippen MR) is 86.7 cm³/mol. The summed E-state index contributed by atoms with van der Waals surface area (Å²) in [4.78, 5) is 12.3. The minimum Gasteiger partial charge on any atom is -0.493 e. The molecule has 1 aromatic rings. The largest absolute Gasteiger partial charge is 0.493 e. The lowest BCUT2D eigenvalue weighted by atomic mass is 9.82. The van der Waals surface area contributed by atoms with E-state index in [1.54, 1.807) is 7.11 Å². The molecule has 5 heteroatoms. The van der Waals surface area contributed by atoms with Crippen molar-refractivity contribution in [2.24, 2.45) is 5.41 Å². The standard InChI is InChI=1S/C18H26O5/c1-4-9-22-15-6-5-14(12-16(15)20-3)13-23-17(19)18(2)7-10-21-11-8-18/h5-6,12H,4,7-11,13H2,1-3H3. The topological polar surface area (TPSA) is 54.0 Å². The molecule has 1 aromatic carbocycles. The molecule has 1 aliphatic rings. The van der Waals surface area contributed by atoms with Gasteiger partial charge in [-0.2, -0.15) is 0 Å². The third-order valence-electron chi connectivity index (χ3n) is 4.15. The van der Waals surface area contributed by atoms with Gasteiger partial charge < -0.3 is 18.9 Å². The lowest BCUT2D eigenvalue weighted by Gasteiger charge is -2.30. The van der Waals surface area contributed by atoms with Crippen LogP contribution in [0.3, 0.4) is 0 Å². The summed E-state index contributed by atoms with van der Waals surface area (Å²) < 4.78 is 21.8. The van der Waals surface area contributed by atoms with Crippen LogP contribution < -0.4 is 9.47 Å². The Morgan fingerprint density at radius 3 is 2.65 bits per heavy atom. The summed E-state index contributed by atoms with van der Waals surface area (Å²) in [6.07, 6.45) is 2.35. The summed E-state index contributed by atoms with van der Waals surface area (Å²) in [5.74, 6) is 1.20. The zero-order chi connectivity index (χ0) is 16.7. The van der Waals surface area contributed by atoms with E-state index in [1.165, 1.54) is 0 Å². The van der Waals surface area contributed by atoms with Crippen molar-refractivity contribution in [3.8, 4) is 11.5 Å². The van der Waals surface area contributed by atoms with Crippen molar-refractivity contribution in [3.63, 3.8) is 0 Å². The Bertz CT molecular complexity index is 520. The van der Waals surface area contributed by atoms with Gasteiger partial charge in [-0.25, -0.2) is 0 Å². The van der Waals surface area contributed by atoms with E-state index in [1.807, 2.05) is 25.1 Å². The number of methoxy groups -OCH3 is 1. The zero-order valence-electron chi connectivity index (χ0n) is 14.2. The molecule has 0 radical (unpaired) electrons. The van der Waals surface area contributed by atoms with Crippen molar-refractivity contribution in [1.82, 2.24) is 0 Å². The Hall–Kier alpha value is -1.75. The van der Waals surface area contributed by atoms with Crippen molar-refractivity contribution in [3.05, 3.63) is 23.8 Å². The third-order valence-corrected chi connectivity index (χ3v) is 4.15. The van der Waals surface area contributed by atoms with Gasteiger partial charge in [0.1, 0.15) is 6.61 Å². The van der Waals surface area contributed by atoms with Crippen molar-refractivity contribution in [1.29, 1.82) is 0 Å². The van der Waals surface area contributed by atoms with Crippen LogP contribution in [0.2, 0.25) is 0 Å². The highest BCUT2D eigenvalue weighted by molar-refractivity contribution is 5.76. The smallest absolute Gasteiger partial charge is 0.312 e. The van der Waals surface area contributed by atoms with Crippen LogP contribution in [0, 0.1) is 5.41 Å². The van der Waals surface area contributed by atoms with Gasteiger partial charge in [-0.15, -0.1) is 0 Å². The van der Waals surface area contributed by atoms with Gasteiger partial charge in [0.2, 0.25) is 0 Å². The fourth-order valence-corrected chi connectivity index (χ4v) is 2.48. The highest BCUT2D eigenvalue weighted by Crippen LogP contribution is 2.32. The summed E-state index contributed by atoms with van der Waals surface area (Å²) in [7, 11) is 1.60. The van der Waals surface area contributed by atoms with Crippen molar-refractivity contribution < 1.29 is 23.7 Å². The maximum absolute atomic E-state index is 12.3. The van der Waals surface area contributed by atoms with E-state index >= 15 is 0 Å². The van der Waals surface area contributed by atoms with Crippen LogP contribution in [0.5, 0.6) is 11.5 Å². The SMILES string of the molecule is CCCOc1ccc(COC(=O)C2(C)CCOCC2)cc1OC. The molecule has 0 N–H and O–H groups in total. The predicted octanol–water partition coefficient (Wildman–Crippen LogP) is 3.34. The number of ether oxygens (including phenoxy) is 4. The third kappa shape index (κ3) is 4.61. The van der Waals surface area contributed by atoms with E-state index in [-0.39, 0.29) is 12.6 Å². The molecule has 0 bridgehead atoms. The lowest BCUT2D eigenvalue weighted by molar-refractivity contribution is -0.161. The molecule has 0 aliphatic carbocycles. The molecule has 0 atom stereocenters. The maximum Gasteiger partial charge on any atom is 0.312 e. The van der Waals surface area contributed by atoms with Gasteiger partial charge in [-0.3, -0.25) is 4.79 Å². The van der Waals surface area contributed by atoms with Gasteiger partial charge in [-0.05, 0) is 43.9 Å². The summed E-state index contributed by atoms with van der Waals surface area (Å²) in [5, 5.41) is 0. The molecule has 0 unspecified atom stereocenters. The first-order chi connectivity index (χ1) is 11.1. The first-order valence-electron chi connectivity index (χ1n) is 8.14. The molecule has 0 saturated carbocycles. The lowest BCUT2D eigenvalue weighted by Crippen LogP contribution is -2.35. The molecule has 1 fully saturated rings. The number of rotatable bonds is 7.